The van der Waals surface area contributed by atoms with Gasteiger partial charge in [-0.05, 0) is 48.4 Å². The van der Waals surface area contributed by atoms with Gasteiger partial charge in [0, 0.05) is 40.2 Å². The maximum atomic E-state index is 14.5. The number of pyridine rings is 1. The molecule has 0 bridgehead atoms. The number of rotatable bonds is 5. The first kappa shape index (κ1) is 18.8. The van der Waals surface area contributed by atoms with Crippen LogP contribution in [0, 0.1) is 12.7 Å². The van der Waals surface area contributed by atoms with Crippen LogP contribution in [-0.2, 0) is 0 Å². The average Bonchev–Trinajstić information content (AvgIpc) is 3.19. The molecule has 0 radical (unpaired) electrons. The molecule has 4 aromatic rings. The normalized spacial score (nSPS) is 10.7. The van der Waals surface area contributed by atoms with E-state index in [-0.39, 0.29) is 11.1 Å². The fourth-order valence-electron chi connectivity index (χ4n) is 3.03. The second kappa shape index (κ2) is 7.81. The highest BCUT2D eigenvalue weighted by atomic mass is 32.1. The van der Waals surface area contributed by atoms with Crippen molar-refractivity contribution in [2.24, 2.45) is 5.73 Å². The minimum atomic E-state index is -0.671. The number of aryl methyl sites for hydroxylation is 1. The maximum absolute atomic E-state index is 14.5. The summed E-state index contributed by atoms with van der Waals surface area (Å²) in [7, 11) is 0. The van der Waals surface area contributed by atoms with Crippen LogP contribution in [0.5, 0.6) is 0 Å². The molecular weight excluding hydrogens is 387 g/mol. The summed E-state index contributed by atoms with van der Waals surface area (Å²) in [6.45, 7) is 1.94. The number of carbonyl (C=O) groups excluding carboxylic acids is 1. The van der Waals surface area contributed by atoms with Gasteiger partial charge in [0.1, 0.15) is 5.82 Å². The van der Waals surface area contributed by atoms with E-state index in [1.807, 2.05) is 30.5 Å². The molecule has 0 atom stereocenters. The zero-order valence-electron chi connectivity index (χ0n) is 15.5. The highest BCUT2D eigenvalue weighted by molar-refractivity contribution is 7.14. The van der Waals surface area contributed by atoms with E-state index in [9.17, 15) is 9.18 Å². The first-order valence-corrected chi connectivity index (χ1v) is 9.73. The first-order chi connectivity index (χ1) is 14.0. The minimum absolute atomic E-state index is 0.146. The van der Waals surface area contributed by atoms with E-state index < -0.39 is 11.7 Å². The summed E-state index contributed by atoms with van der Waals surface area (Å²) in [5, 5.41) is 5.94. The van der Waals surface area contributed by atoms with Crippen molar-refractivity contribution >= 4 is 28.1 Å². The van der Waals surface area contributed by atoms with Crippen LogP contribution in [0.25, 0.3) is 22.4 Å². The van der Waals surface area contributed by atoms with Crippen molar-refractivity contribution < 1.29 is 9.18 Å². The smallest absolute Gasteiger partial charge is 0.249 e. The summed E-state index contributed by atoms with van der Waals surface area (Å²) < 4.78 is 14.5. The largest absolute Gasteiger partial charge is 0.366 e. The monoisotopic (exact) mass is 404 g/mol. The molecule has 2 aromatic heterocycles. The van der Waals surface area contributed by atoms with Crippen molar-refractivity contribution in [3.63, 3.8) is 0 Å². The average molecular weight is 404 g/mol. The molecule has 0 unspecified atom stereocenters. The number of carbonyl (C=O) groups is 1. The second-order valence-corrected chi connectivity index (χ2v) is 7.32. The van der Waals surface area contributed by atoms with E-state index in [0.717, 1.165) is 22.5 Å². The summed E-state index contributed by atoms with van der Waals surface area (Å²) >= 11 is 1.46. The fraction of sp³-hybridized carbons (Fsp3) is 0.0455. The number of nitrogens with two attached hydrogens (primary N) is 1. The number of hydrogen-bond donors (Lipinski definition) is 2. The third-order valence-electron chi connectivity index (χ3n) is 4.51. The summed E-state index contributed by atoms with van der Waals surface area (Å²) in [6.07, 6.45) is 3.47. The highest BCUT2D eigenvalue weighted by Gasteiger charge is 2.16. The van der Waals surface area contributed by atoms with Gasteiger partial charge in [-0.3, -0.25) is 9.78 Å². The van der Waals surface area contributed by atoms with E-state index >= 15 is 0 Å². The Morgan fingerprint density at radius 2 is 2.00 bits per heavy atom. The molecule has 0 saturated heterocycles. The van der Waals surface area contributed by atoms with Gasteiger partial charge in [-0.1, -0.05) is 18.2 Å². The molecule has 0 aliphatic carbocycles. The number of thiazole rings is 1. The van der Waals surface area contributed by atoms with Gasteiger partial charge in [-0.15, -0.1) is 11.3 Å². The highest BCUT2D eigenvalue weighted by Crippen LogP contribution is 2.33. The first-order valence-electron chi connectivity index (χ1n) is 8.85. The van der Waals surface area contributed by atoms with Gasteiger partial charge in [0.05, 0.1) is 5.69 Å². The molecule has 1 amide bonds. The lowest BCUT2D eigenvalue weighted by Gasteiger charge is -2.12. The number of amides is 1. The number of nitrogens with zero attached hydrogens (tertiary/aromatic N) is 2. The lowest BCUT2D eigenvalue weighted by Crippen LogP contribution is -2.13. The van der Waals surface area contributed by atoms with Crippen LogP contribution in [0.4, 0.5) is 15.2 Å². The number of aromatic nitrogens is 2. The van der Waals surface area contributed by atoms with Crippen LogP contribution < -0.4 is 11.1 Å². The molecule has 3 N–H and O–H groups in total. The number of anilines is 2. The molecule has 29 heavy (non-hydrogen) atoms. The van der Waals surface area contributed by atoms with Gasteiger partial charge in [-0.25, -0.2) is 9.37 Å². The molecule has 0 fully saturated rings. The summed E-state index contributed by atoms with van der Waals surface area (Å²) in [6, 6.07) is 13.6. The molecule has 0 aliphatic rings. The van der Waals surface area contributed by atoms with Gasteiger partial charge in [0.25, 0.3) is 0 Å². The zero-order chi connectivity index (χ0) is 20.4. The maximum Gasteiger partial charge on any atom is 0.249 e. The summed E-state index contributed by atoms with van der Waals surface area (Å²) in [5.74, 6) is -1.17. The molecule has 0 saturated carbocycles. The number of benzene rings is 2. The van der Waals surface area contributed by atoms with E-state index in [4.69, 9.17) is 5.73 Å². The van der Waals surface area contributed by atoms with Gasteiger partial charge in [0.2, 0.25) is 5.91 Å². The Hall–Kier alpha value is -3.58. The molecule has 2 aromatic carbocycles. The molecule has 0 spiro atoms. The third kappa shape index (κ3) is 3.86. The van der Waals surface area contributed by atoms with Crippen molar-refractivity contribution in [1.82, 2.24) is 9.97 Å². The van der Waals surface area contributed by atoms with Crippen LogP contribution in [0.15, 0.2) is 66.3 Å². The lowest BCUT2D eigenvalue weighted by atomic mass is 9.97. The van der Waals surface area contributed by atoms with Crippen molar-refractivity contribution in [3.05, 3.63) is 83.2 Å². The Labute approximate surface area is 171 Å². The van der Waals surface area contributed by atoms with Crippen molar-refractivity contribution in [2.45, 2.75) is 6.92 Å². The Morgan fingerprint density at radius 3 is 2.76 bits per heavy atom. The molecule has 0 aliphatic heterocycles. The van der Waals surface area contributed by atoms with Crippen LogP contribution in [0.2, 0.25) is 0 Å². The van der Waals surface area contributed by atoms with Crippen molar-refractivity contribution in [3.8, 4) is 22.4 Å². The number of hydrogen-bond acceptors (Lipinski definition) is 5. The van der Waals surface area contributed by atoms with E-state index in [1.165, 1.54) is 29.5 Å². The Kier molecular flexibility index (Phi) is 5.05. The standard InChI is InChI=1S/C22H17FN4OS/c1-13-7-8-14(20-16(21(24)28)5-2-6-17(20)23)10-18(13)26-22-27-19(12-29-22)15-4-3-9-25-11-15/h2-12H,1H3,(H2,24,28)(H,26,27). The third-order valence-corrected chi connectivity index (χ3v) is 5.27. The van der Waals surface area contributed by atoms with Crippen LogP contribution in [-0.4, -0.2) is 15.9 Å². The Morgan fingerprint density at radius 1 is 1.14 bits per heavy atom. The van der Waals surface area contributed by atoms with Gasteiger partial charge in [-0.2, -0.15) is 0 Å². The molecular formula is C22H17FN4OS. The second-order valence-electron chi connectivity index (χ2n) is 6.46. The quantitative estimate of drug-likeness (QED) is 0.481. The summed E-state index contributed by atoms with van der Waals surface area (Å²) in [5.41, 5.74) is 9.83. The van der Waals surface area contributed by atoms with Crippen LogP contribution in [0.1, 0.15) is 15.9 Å². The van der Waals surface area contributed by atoms with Gasteiger partial charge < -0.3 is 11.1 Å². The molecule has 5 nitrogen and oxygen atoms in total. The van der Waals surface area contributed by atoms with E-state index in [0.29, 0.717) is 10.7 Å². The lowest BCUT2D eigenvalue weighted by molar-refractivity contribution is 0.100. The summed E-state index contributed by atoms with van der Waals surface area (Å²) in [4.78, 5) is 20.5. The van der Waals surface area contributed by atoms with Gasteiger partial charge in [0.15, 0.2) is 5.13 Å². The number of nitrogens with one attached hydrogen (secondary N) is 1. The van der Waals surface area contributed by atoms with Crippen LogP contribution in [0.3, 0.4) is 0 Å². The van der Waals surface area contributed by atoms with E-state index in [2.05, 4.69) is 15.3 Å². The van der Waals surface area contributed by atoms with Crippen LogP contribution >= 0.6 is 11.3 Å². The molecule has 7 heteroatoms. The SMILES string of the molecule is Cc1ccc(-c2c(F)cccc2C(N)=O)cc1Nc1nc(-c2cccnc2)cs1. The Bertz CT molecular complexity index is 1190. The number of primary amides is 1. The Balaban J connectivity index is 1.69. The fourth-order valence-corrected chi connectivity index (χ4v) is 3.76. The number of halogens is 1. The zero-order valence-corrected chi connectivity index (χ0v) is 16.3. The van der Waals surface area contributed by atoms with E-state index in [1.54, 1.807) is 24.5 Å². The van der Waals surface area contributed by atoms with Crippen molar-refractivity contribution in [2.75, 3.05) is 5.32 Å². The predicted octanol–water partition coefficient (Wildman–Crippen LogP) is 5.16. The molecule has 2 heterocycles. The van der Waals surface area contributed by atoms with Crippen molar-refractivity contribution in [1.29, 1.82) is 0 Å². The molecule has 144 valence electrons. The van der Waals surface area contributed by atoms with Gasteiger partial charge >= 0.3 is 0 Å². The minimum Gasteiger partial charge on any atom is -0.366 e. The topological polar surface area (TPSA) is 80.9 Å². The molecule has 4 rings (SSSR count). The predicted molar refractivity (Wildman–Crippen MR) is 114 cm³/mol.